The van der Waals surface area contributed by atoms with Gasteiger partial charge in [0.15, 0.2) is 7.14 Å². The molecule has 0 aliphatic heterocycles. The number of benzene rings is 3. The molecular formula is C36H45IO3S. The summed E-state index contributed by atoms with van der Waals surface area (Å²) < 4.78 is 40.4. The number of hydrogen-bond acceptors (Lipinski definition) is 3. The maximum Gasteiger partial charge on any atom is 0.357 e. The smallest absolute Gasteiger partial charge is 0.357 e. The Kier molecular flexibility index (Phi) is 11.4. The molecule has 0 aromatic heterocycles. The van der Waals surface area contributed by atoms with Gasteiger partial charge in [-0.1, -0.05) is 106 Å². The second-order valence-electron chi connectivity index (χ2n) is 12.2. The second kappa shape index (κ2) is 15.2. The van der Waals surface area contributed by atoms with Gasteiger partial charge in [-0.3, -0.25) is 0 Å². The Labute approximate surface area is 258 Å². The fourth-order valence-electron chi connectivity index (χ4n) is 7.17. The highest BCUT2D eigenvalue weighted by atomic mass is 127. The molecule has 0 saturated heterocycles. The third-order valence-corrected chi connectivity index (χ3v) is 12.9. The minimum atomic E-state index is -4.46. The summed E-state index contributed by atoms with van der Waals surface area (Å²) in [6.45, 7) is 0. The van der Waals surface area contributed by atoms with E-state index in [9.17, 15) is 13.0 Å². The molecule has 0 unspecified atom stereocenters. The molecule has 0 atom stereocenters. The molecular weight excluding hydrogens is 639 g/mol. The van der Waals surface area contributed by atoms with Gasteiger partial charge in [0.05, 0.1) is 4.90 Å². The van der Waals surface area contributed by atoms with Crippen molar-refractivity contribution in [2.24, 2.45) is 0 Å². The fraction of sp³-hybridized carbons (Fsp3) is 0.500. The summed E-state index contributed by atoms with van der Waals surface area (Å²) in [6, 6.07) is 25.7. The van der Waals surface area contributed by atoms with Crippen LogP contribution in [0.5, 0.6) is 0 Å². The van der Waals surface area contributed by atoms with Gasteiger partial charge in [-0.15, -0.1) is 0 Å². The van der Waals surface area contributed by atoms with E-state index in [1.165, 1.54) is 57.6 Å². The van der Waals surface area contributed by atoms with E-state index in [1.807, 2.05) is 0 Å². The first kappa shape index (κ1) is 30.7. The van der Waals surface area contributed by atoms with Crippen LogP contribution < -0.4 is 21.2 Å². The monoisotopic (exact) mass is 684 g/mol. The zero-order valence-corrected chi connectivity index (χ0v) is 27.3. The van der Waals surface area contributed by atoms with Crippen molar-refractivity contribution >= 4 is 10.1 Å². The Morgan fingerprint density at radius 1 is 0.537 bits per heavy atom. The molecule has 0 spiro atoms. The third kappa shape index (κ3) is 8.67. The average molecular weight is 685 g/mol. The highest BCUT2D eigenvalue weighted by Crippen LogP contribution is 2.45. The Hall–Kier alpha value is -1.70. The molecule has 0 bridgehead atoms. The summed E-state index contributed by atoms with van der Waals surface area (Å²) in [5, 5.41) is 0. The van der Waals surface area contributed by atoms with Crippen molar-refractivity contribution in [2.45, 2.75) is 119 Å². The molecule has 0 heterocycles. The lowest BCUT2D eigenvalue weighted by Gasteiger charge is -2.33. The molecule has 41 heavy (non-hydrogen) atoms. The fourth-order valence-corrected chi connectivity index (χ4v) is 10.5. The lowest BCUT2D eigenvalue weighted by atomic mass is 9.76. The molecule has 3 fully saturated rings. The molecule has 0 amide bonds. The van der Waals surface area contributed by atoms with Gasteiger partial charge in [0.25, 0.3) is 0 Å². The highest BCUT2D eigenvalue weighted by Gasteiger charge is 2.30. The van der Waals surface area contributed by atoms with E-state index in [0.29, 0.717) is 5.92 Å². The van der Waals surface area contributed by atoms with E-state index in [0.717, 1.165) is 62.5 Å². The van der Waals surface area contributed by atoms with Gasteiger partial charge in [0.1, 0.15) is 10.1 Å². The lowest BCUT2D eigenvalue weighted by Crippen LogP contribution is -3.61. The standard InChI is InChI=1S/C24H36O3S.C12H10I/c25-28(26,27)24-22(19-12-6-2-7-13-19)16-21(18-10-4-1-5-11-18)17-23(24)20-14-8-3-9-15-20;1-3-7-11(8-4-1)13-12-9-5-2-6-10-12/h16-20H,1-15H2,(H,25,26,27);1-10H/q;+1/p-1. The molecule has 3 aliphatic rings. The first-order chi connectivity index (χ1) is 20.0. The van der Waals surface area contributed by atoms with Crippen LogP contribution in [0.4, 0.5) is 0 Å². The second-order valence-corrected chi connectivity index (χ2v) is 16.5. The summed E-state index contributed by atoms with van der Waals surface area (Å²) in [7, 11) is -4.46. The minimum Gasteiger partial charge on any atom is -0.744 e. The van der Waals surface area contributed by atoms with Crippen LogP contribution in [0.3, 0.4) is 0 Å². The molecule has 0 N–H and O–H groups in total. The van der Waals surface area contributed by atoms with Crippen molar-refractivity contribution in [3.05, 3.63) is 96.6 Å². The number of halogens is 1. The number of rotatable bonds is 6. The van der Waals surface area contributed by atoms with Crippen LogP contribution in [0, 0.1) is 7.14 Å². The van der Waals surface area contributed by atoms with E-state index in [1.54, 1.807) is 0 Å². The topological polar surface area (TPSA) is 57.2 Å². The highest BCUT2D eigenvalue weighted by molar-refractivity contribution is 7.85. The van der Waals surface area contributed by atoms with Gasteiger partial charge >= 0.3 is 21.2 Å². The zero-order valence-electron chi connectivity index (χ0n) is 24.3. The molecule has 3 saturated carbocycles. The van der Waals surface area contributed by atoms with Gasteiger partial charge in [-0.05, 0) is 97.2 Å². The van der Waals surface area contributed by atoms with Crippen molar-refractivity contribution in [3.8, 4) is 0 Å². The molecule has 3 aromatic carbocycles. The molecule has 220 valence electrons. The van der Waals surface area contributed by atoms with E-state index in [4.69, 9.17) is 0 Å². The summed E-state index contributed by atoms with van der Waals surface area (Å²) in [5.41, 5.74) is 3.10. The minimum absolute atomic E-state index is 0.0287. The largest absolute Gasteiger partial charge is 0.744 e. The Balaban J connectivity index is 0.000000216. The molecule has 6 rings (SSSR count). The quantitative estimate of drug-likeness (QED) is 0.219. The van der Waals surface area contributed by atoms with E-state index >= 15 is 0 Å². The molecule has 5 heteroatoms. The normalized spacial score (nSPS) is 19.3. The molecule has 3 aromatic rings. The Morgan fingerprint density at radius 3 is 1.27 bits per heavy atom. The van der Waals surface area contributed by atoms with Gasteiger partial charge in [0, 0.05) is 0 Å². The van der Waals surface area contributed by atoms with Crippen molar-refractivity contribution in [1.29, 1.82) is 0 Å². The van der Waals surface area contributed by atoms with Crippen LogP contribution in [0.1, 0.15) is 131 Å². The van der Waals surface area contributed by atoms with E-state index in [-0.39, 0.29) is 37.9 Å². The maximum atomic E-state index is 12.5. The number of hydrogen-bond donors (Lipinski definition) is 0. The van der Waals surface area contributed by atoms with E-state index in [2.05, 4.69) is 72.8 Å². The van der Waals surface area contributed by atoms with Crippen molar-refractivity contribution in [3.63, 3.8) is 0 Å². The van der Waals surface area contributed by atoms with Crippen LogP contribution in [0.25, 0.3) is 0 Å². The van der Waals surface area contributed by atoms with Crippen LogP contribution >= 0.6 is 0 Å². The summed E-state index contributed by atoms with van der Waals surface area (Å²) >= 11 is 0.0287. The van der Waals surface area contributed by atoms with Crippen molar-refractivity contribution < 1.29 is 34.2 Å². The summed E-state index contributed by atoms with van der Waals surface area (Å²) in [5.74, 6) is 1.04. The SMILES string of the molecule is O=S(=O)([O-])c1c(C2CCCCC2)cc(C2CCCCC2)cc1C1CCCCC1.c1ccc([I+]c2ccccc2)cc1. The predicted octanol–water partition coefficient (Wildman–Crippen LogP) is 6.55. The van der Waals surface area contributed by atoms with Gasteiger partial charge in [-0.25, -0.2) is 8.42 Å². The van der Waals surface area contributed by atoms with Gasteiger partial charge in [-0.2, -0.15) is 0 Å². The van der Waals surface area contributed by atoms with Crippen LogP contribution in [0.15, 0.2) is 77.7 Å². The Bertz CT molecular complexity index is 1250. The Morgan fingerprint density at radius 2 is 0.902 bits per heavy atom. The first-order valence-corrected chi connectivity index (χ1v) is 19.4. The first-order valence-electron chi connectivity index (χ1n) is 15.9. The molecule has 3 aliphatic carbocycles. The molecule has 0 radical (unpaired) electrons. The average Bonchev–Trinajstić information content (AvgIpc) is 3.02. The summed E-state index contributed by atoms with van der Waals surface area (Å²) in [4.78, 5) is 0.186. The van der Waals surface area contributed by atoms with Crippen LogP contribution in [0.2, 0.25) is 0 Å². The van der Waals surface area contributed by atoms with Crippen LogP contribution in [-0.2, 0) is 10.1 Å². The van der Waals surface area contributed by atoms with Gasteiger partial charge in [0.2, 0.25) is 0 Å². The third-order valence-electron chi connectivity index (χ3n) is 9.27. The zero-order chi connectivity index (χ0) is 28.5. The van der Waals surface area contributed by atoms with Crippen molar-refractivity contribution in [1.82, 2.24) is 0 Å². The summed E-state index contributed by atoms with van der Waals surface area (Å²) in [6.07, 6.45) is 17.4. The van der Waals surface area contributed by atoms with E-state index < -0.39 is 10.1 Å². The lowest BCUT2D eigenvalue weighted by molar-refractivity contribution is -0.597. The van der Waals surface area contributed by atoms with Crippen molar-refractivity contribution in [2.75, 3.05) is 0 Å². The predicted molar refractivity (Wildman–Crippen MR) is 162 cm³/mol. The van der Waals surface area contributed by atoms with Crippen LogP contribution in [-0.4, -0.2) is 13.0 Å². The molecule has 3 nitrogen and oxygen atoms in total. The van der Waals surface area contributed by atoms with Gasteiger partial charge < -0.3 is 4.55 Å². The maximum absolute atomic E-state index is 12.5.